The third-order valence-corrected chi connectivity index (χ3v) is 5.21. The molecule has 19 heavy (non-hydrogen) atoms. The molecule has 0 spiro atoms. The van der Waals surface area contributed by atoms with E-state index in [1.54, 1.807) is 35.4 Å². The molecule has 2 aromatic rings. The Bertz CT molecular complexity index is 612. The Labute approximate surface area is 118 Å². The normalized spacial score (nSPS) is 17.8. The number of thioether (sulfide) groups is 1. The predicted octanol–water partition coefficient (Wildman–Crippen LogP) is 2.82. The van der Waals surface area contributed by atoms with Crippen molar-refractivity contribution in [2.24, 2.45) is 0 Å². The standard InChI is InChI=1S/C13H12N2O2S2/c16-10-7-14-4-1-9(10)15-13(17)12-8-2-5-18-11(8)3-6-19-12/h1-2,4-5,7,12,16H,3,6H2,(H,14,15,17). The number of fused-ring (bicyclic) bond motifs is 1. The van der Waals surface area contributed by atoms with Gasteiger partial charge in [0.05, 0.1) is 11.9 Å². The SMILES string of the molecule is O=C(Nc1ccncc1O)C1SCCc2sccc21. The van der Waals surface area contributed by atoms with Crippen molar-refractivity contribution in [2.75, 3.05) is 11.1 Å². The van der Waals surface area contributed by atoms with Crippen LogP contribution in [-0.2, 0) is 11.2 Å². The molecule has 2 aromatic heterocycles. The predicted molar refractivity (Wildman–Crippen MR) is 77.8 cm³/mol. The van der Waals surface area contributed by atoms with Crippen LogP contribution < -0.4 is 5.32 Å². The Balaban J connectivity index is 1.81. The van der Waals surface area contributed by atoms with Crippen molar-refractivity contribution in [1.82, 2.24) is 4.98 Å². The van der Waals surface area contributed by atoms with E-state index in [4.69, 9.17) is 0 Å². The average Bonchev–Trinajstić information content (AvgIpc) is 2.89. The minimum atomic E-state index is -0.192. The van der Waals surface area contributed by atoms with Crippen LogP contribution in [0.2, 0.25) is 0 Å². The first-order valence-electron chi connectivity index (χ1n) is 5.87. The van der Waals surface area contributed by atoms with E-state index in [-0.39, 0.29) is 16.9 Å². The Morgan fingerprint density at radius 1 is 1.47 bits per heavy atom. The lowest BCUT2D eigenvalue weighted by Gasteiger charge is -2.21. The molecule has 0 radical (unpaired) electrons. The van der Waals surface area contributed by atoms with E-state index < -0.39 is 0 Å². The first-order chi connectivity index (χ1) is 9.25. The zero-order valence-electron chi connectivity index (χ0n) is 10.00. The van der Waals surface area contributed by atoms with Gasteiger partial charge in [0.25, 0.3) is 0 Å². The van der Waals surface area contributed by atoms with Crippen LogP contribution in [0.5, 0.6) is 5.75 Å². The highest BCUT2D eigenvalue weighted by Gasteiger charge is 2.28. The summed E-state index contributed by atoms with van der Waals surface area (Å²) in [6.45, 7) is 0. The van der Waals surface area contributed by atoms with Gasteiger partial charge < -0.3 is 10.4 Å². The van der Waals surface area contributed by atoms with Gasteiger partial charge in [0, 0.05) is 11.1 Å². The molecule has 0 fully saturated rings. The zero-order chi connectivity index (χ0) is 13.2. The number of thiophene rings is 1. The van der Waals surface area contributed by atoms with Gasteiger partial charge in [0.1, 0.15) is 5.25 Å². The molecule has 3 heterocycles. The number of carbonyl (C=O) groups excluding carboxylic acids is 1. The van der Waals surface area contributed by atoms with Crippen LogP contribution >= 0.6 is 23.1 Å². The number of anilines is 1. The minimum Gasteiger partial charge on any atom is -0.504 e. The number of carbonyl (C=O) groups is 1. The lowest BCUT2D eigenvalue weighted by atomic mass is 10.1. The summed E-state index contributed by atoms with van der Waals surface area (Å²) in [5.74, 6) is 0.849. The number of pyridine rings is 1. The van der Waals surface area contributed by atoms with Crippen molar-refractivity contribution < 1.29 is 9.90 Å². The monoisotopic (exact) mass is 292 g/mol. The third kappa shape index (κ3) is 2.46. The highest BCUT2D eigenvalue weighted by Crippen LogP contribution is 2.40. The molecule has 98 valence electrons. The van der Waals surface area contributed by atoms with Gasteiger partial charge >= 0.3 is 0 Å². The van der Waals surface area contributed by atoms with Gasteiger partial charge in [-0.05, 0) is 35.2 Å². The quantitative estimate of drug-likeness (QED) is 0.893. The van der Waals surface area contributed by atoms with Gasteiger partial charge in [-0.2, -0.15) is 0 Å². The van der Waals surface area contributed by atoms with E-state index in [1.165, 1.54) is 11.1 Å². The number of aromatic nitrogens is 1. The molecule has 1 atom stereocenters. The van der Waals surface area contributed by atoms with Crippen LogP contribution in [0.15, 0.2) is 29.9 Å². The van der Waals surface area contributed by atoms with E-state index in [9.17, 15) is 9.90 Å². The number of hydrogen-bond donors (Lipinski definition) is 2. The molecule has 0 saturated carbocycles. The van der Waals surface area contributed by atoms with E-state index in [0.29, 0.717) is 5.69 Å². The van der Waals surface area contributed by atoms with Crippen LogP contribution in [0.3, 0.4) is 0 Å². The molecular weight excluding hydrogens is 280 g/mol. The number of nitrogens with zero attached hydrogens (tertiary/aromatic N) is 1. The summed E-state index contributed by atoms with van der Waals surface area (Å²) < 4.78 is 0. The van der Waals surface area contributed by atoms with E-state index in [2.05, 4.69) is 10.3 Å². The molecule has 6 heteroatoms. The lowest BCUT2D eigenvalue weighted by Crippen LogP contribution is -2.22. The highest BCUT2D eigenvalue weighted by atomic mass is 32.2. The van der Waals surface area contributed by atoms with Gasteiger partial charge in [-0.25, -0.2) is 0 Å². The summed E-state index contributed by atoms with van der Waals surface area (Å²) in [4.78, 5) is 17.4. The maximum atomic E-state index is 12.3. The Kier molecular flexibility index (Phi) is 3.44. The molecule has 1 aliphatic heterocycles. The maximum absolute atomic E-state index is 12.3. The fraction of sp³-hybridized carbons (Fsp3) is 0.231. The third-order valence-electron chi connectivity index (χ3n) is 2.97. The van der Waals surface area contributed by atoms with Crippen molar-refractivity contribution in [3.05, 3.63) is 40.3 Å². The van der Waals surface area contributed by atoms with E-state index in [1.807, 2.05) is 11.4 Å². The van der Waals surface area contributed by atoms with Crippen molar-refractivity contribution >= 4 is 34.7 Å². The average molecular weight is 292 g/mol. The Morgan fingerprint density at radius 2 is 2.37 bits per heavy atom. The van der Waals surface area contributed by atoms with Gasteiger partial charge in [0.2, 0.25) is 5.91 Å². The Hall–Kier alpha value is -1.53. The van der Waals surface area contributed by atoms with Crippen LogP contribution in [-0.4, -0.2) is 21.8 Å². The molecule has 0 aliphatic carbocycles. The summed E-state index contributed by atoms with van der Waals surface area (Å²) in [6, 6.07) is 3.61. The van der Waals surface area contributed by atoms with Crippen molar-refractivity contribution in [2.45, 2.75) is 11.7 Å². The number of rotatable bonds is 2. The van der Waals surface area contributed by atoms with Gasteiger partial charge in [0.15, 0.2) is 5.75 Å². The summed E-state index contributed by atoms with van der Waals surface area (Å²) in [5.41, 5.74) is 1.51. The highest BCUT2D eigenvalue weighted by molar-refractivity contribution is 8.00. The molecule has 4 nitrogen and oxygen atoms in total. The molecule has 2 N–H and O–H groups in total. The molecule has 0 aromatic carbocycles. The maximum Gasteiger partial charge on any atom is 0.242 e. The van der Waals surface area contributed by atoms with Crippen LogP contribution in [0.4, 0.5) is 5.69 Å². The number of aromatic hydroxyl groups is 1. The molecule has 3 rings (SSSR count). The summed E-state index contributed by atoms with van der Waals surface area (Å²) >= 11 is 3.34. The van der Waals surface area contributed by atoms with E-state index >= 15 is 0 Å². The topological polar surface area (TPSA) is 62.2 Å². The second kappa shape index (κ2) is 5.22. The second-order valence-electron chi connectivity index (χ2n) is 4.18. The fourth-order valence-corrected chi connectivity index (χ4v) is 4.35. The number of aryl methyl sites for hydroxylation is 1. The fourth-order valence-electron chi connectivity index (χ4n) is 2.05. The number of hydrogen-bond acceptors (Lipinski definition) is 5. The summed E-state index contributed by atoms with van der Waals surface area (Å²) in [5, 5.41) is 14.2. The van der Waals surface area contributed by atoms with Gasteiger partial charge in [-0.3, -0.25) is 9.78 Å². The van der Waals surface area contributed by atoms with Crippen molar-refractivity contribution in [3.63, 3.8) is 0 Å². The number of nitrogens with one attached hydrogen (secondary N) is 1. The van der Waals surface area contributed by atoms with Crippen LogP contribution in [0.1, 0.15) is 15.7 Å². The molecular formula is C13H12N2O2S2. The first kappa shape index (κ1) is 12.5. The minimum absolute atomic E-state index is 0.0119. The smallest absolute Gasteiger partial charge is 0.242 e. The van der Waals surface area contributed by atoms with Crippen molar-refractivity contribution in [1.29, 1.82) is 0 Å². The summed E-state index contributed by atoms with van der Waals surface area (Å²) in [7, 11) is 0. The van der Waals surface area contributed by atoms with E-state index in [0.717, 1.165) is 17.7 Å². The van der Waals surface area contributed by atoms with Gasteiger partial charge in [-0.15, -0.1) is 23.1 Å². The lowest BCUT2D eigenvalue weighted by molar-refractivity contribution is -0.115. The largest absolute Gasteiger partial charge is 0.504 e. The molecule has 0 saturated heterocycles. The van der Waals surface area contributed by atoms with Crippen molar-refractivity contribution in [3.8, 4) is 5.75 Å². The van der Waals surface area contributed by atoms with Crippen LogP contribution in [0, 0.1) is 0 Å². The molecule has 1 unspecified atom stereocenters. The molecule has 1 aliphatic rings. The summed E-state index contributed by atoms with van der Waals surface area (Å²) in [6.07, 6.45) is 3.89. The second-order valence-corrected chi connectivity index (χ2v) is 6.40. The number of amides is 1. The molecule has 0 bridgehead atoms. The van der Waals surface area contributed by atoms with Gasteiger partial charge in [-0.1, -0.05) is 0 Å². The first-order valence-corrected chi connectivity index (χ1v) is 7.80. The zero-order valence-corrected chi connectivity index (χ0v) is 11.6. The van der Waals surface area contributed by atoms with Crippen LogP contribution in [0.25, 0.3) is 0 Å². The molecule has 1 amide bonds. The Morgan fingerprint density at radius 3 is 3.21 bits per heavy atom.